The molecule has 0 atom stereocenters. The van der Waals surface area contributed by atoms with E-state index in [4.69, 9.17) is 0 Å². The standard InChI is InChI=1S/C16H16FN3O/c1-11-9-15(20-7-5-14(21)6-8-20)19-16(18-11)12-3-2-4-13(17)10-12/h2-4,9-10H,5-8H2,1H3. The average molecular weight is 285 g/mol. The van der Waals surface area contributed by atoms with E-state index in [1.165, 1.54) is 12.1 Å². The Morgan fingerprint density at radius 1 is 1.14 bits per heavy atom. The van der Waals surface area contributed by atoms with Gasteiger partial charge in [0.15, 0.2) is 5.82 Å². The molecule has 0 amide bonds. The summed E-state index contributed by atoms with van der Waals surface area (Å²) in [4.78, 5) is 22.3. The van der Waals surface area contributed by atoms with Crippen LogP contribution in [0.5, 0.6) is 0 Å². The van der Waals surface area contributed by atoms with Crippen molar-refractivity contribution >= 4 is 11.6 Å². The van der Waals surface area contributed by atoms with Crippen molar-refractivity contribution in [3.63, 3.8) is 0 Å². The second kappa shape index (κ2) is 5.60. The summed E-state index contributed by atoms with van der Waals surface area (Å²) in [5.41, 5.74) is 1.49. The quantitative estimate of drug-likeness (QED) is 0.851. The number of nitrogens with zero attached hydrogens (tertiary/aromatic N) is 3. The monoisotopic (exact) mass is 285 g/mol. The first-order chi connectivity index (χ1) is 10.1. The maximum atomic E-state index is 13.3. The van der Waals surface area contributed by atoms with Crippen molar-refractivity contribution in [1.82, 2.24) is 9.97 Å². The van der Waals surface area contributed by atoms with Gasteiger partial charge in [0.25, 0.3) is 0 Å². The Labute approximate surface area is 122 Å². The molecule has 0 aliphatic carbocycles. The third kappa shape index (κ3) is 3.07. The van der Waals surface area contributed by atoms with Gasteiger partial charge in [-0.05, 0) is 19.1 Å². The summed E-state index contributed by atoms with van der Waals surface area (Å²) in [7, 11) is 0. The van der Waals surface area contributed by atoms with Gasteiger partial charge in [0, 0.05) is 43.3 Å². The lowest BCUT2D eigenvalue weighted by molar-refractivity contribution is -0.119. The number of hydrogen-bond acceptors (Lipinski definition) is 4. The van der Waals surface area contributed by atoms with Gasteiger partial charge in [-0.2, -0.15) is 0 Å². The number of rotatable bonds is 2. The molecule has 1 fully saturated rings. The zero-order chi connectivity index (χ0) is 14.8. The molecule has 0 spiro atoms. The van der Waals surface area contributed by atoms with Crippen LogP contribution in [-0.2, 0) is 4.79 Å². The van der Waals surface area contributed by atoms with E-state index in [-0.39, 0.29) is 5.82 Å². The smallest absolute Gasteiger partial charge is 0.161 e. The maximum Gasteiger partial charge on any atom is 0.161 e. The van der Waals surface area contributed by atoms with Gasteiger partial charge in [-0.1, -0.05) is 12.1 Å². The van der Waals surface area contributed by atoms with E-state index in [2.05, 4.69) is 14.9 Å². The molecule has 21 heavy (non-hydrogen) atoms. The van der Waals surface area contributed by atoms with Crippen molar-refractivity contribution in [2.45, 2.75) is 19.8 Å². The average Bonchev–Trinajstić information content (AvgIpc) is 2.47. The van der Waals surface area contributed by atoms with Gasteiger partial charge in [-0.15, -0.1) is 0 Å². The van der Waals surface area contributed by atoms with Crippen molar-refractivity contribution in [2.75, 3.05) is 18.0 Å². The van der Waals surface area contributed by atoms with E-state index < -0.39 is 0 Å². The number of piperidine rings is 1. The predicted octanol–water partition coefficient (Wildman–Crippen LogP) is 2.76. The number of carbonyl (C=O) groups excluding carboxylic acids is 1. The Hall–Kier alpha value is -2.30. The van der Waals surface area contributed by atoms with Crippen LogP contribution in [0.15, 0.2) is 30.3 Å². The number of Topliss-reactive ketones (excluding diaryl/α,β-unsaturated/α-hetero) is 1. The number of aryl methyl sites for hydroxylation is 1. The number of halogens is 1. The molecule has 0 radical (unpaired) electrons. The highest BCUT2D eigenvalue weighted by molar-refractivity contribution is 5.80. The molecule has 1 saturated heterocycles. The zero-order valence-corrected chi connectivity index (χ0v) is 11.8. The summed E-state index contributed by atoms with van der Waals surface area (Å²) in [6.45, 7) is 3.25. The van der Waals surface area contributed by atoms with E-state index in [9.17, 15) is 9.18 Å². The summed E-state index contributed by atoms with van der Waals surface area (Å²) >= 11 is 0. The fourth-order valence-corrected chi connectivity index (χ4v) is 2.46. The molecule has 0 unspecified atom stereocenters. The van der Waals surface area contributed by atoms with Crippen molar-refractivity contribution in [3.8, 4) is 11.4 Å². The van der Waals surface area contributed by atoms with Crippen LogP contribution >= 0.6 is 0 Å². The summed E-state index contributed by atoms with van der Waals surface area (Å²) < 4.78 is 13.3. The summed E-state index contributed by atoms with van der Waals surface area (Å²) in [6, 6.07) is 8.17. The molecule has 3 rings (SSSR count). The van der Waals surface area contributed by atoms with E-state index in [1.807, 2.05) is 13.0 Å². The molecule has 2 heterocycles. The van der Waals surface area contributed by atoms with Gasteiger partial charge in [0.2, 0.25) is 0 Å². The van der Waals surface area contributed by atoms with Gasteiger partial charge >= 0.3 is 0 Å². The molecular formula is C16H16FN3O. The normalized spacial score (nSPS) is 15.3. The Kier molecular flexibility index (Phi) is 3.64. The lowest BCUT2D eigenvalue weighted by atomic mass is 10.1. The van der Waals surface area contributed by atoms with Crippen LogP contribution in [0.25, 0.3) is 11.4 Å². The third-order valence-electron chi connectivity index (χ3n) is 3.57. The molecule has 1 aliphatic rings. The Balaban J connectivity index is 1.94. The van der Waals surface area contributed by atoms with E-state index >= 15 is 0 Å². The molecule has 1 aromatic heterocycles. The fraction of sp³-hybridized carbons (Fsp3) is 0.312. The van der Waals surface area contributed by atoms with Crippen LogP contribution in [0.4, 0.5) is 10.2 Å². The van der Waals surface area contributed by atoms with Gasteiger partial charge in [-0.3, -0.25) is 4.79 Å². The molecule has 4 nitrogen and oxygen atoms in total. The molecule has 0 saturated carbocycles. The van der Waals surface area contributed by atoms with Crippen molar-refractivity contribution in [1.29, 1.82) is 0 Å². The van der Waals surface area contributed by atoms with E-state index in [0.29, 0.717) is 43.1 Å². The van der Waals surface area contributed by atoms with Crippen LogP contribution < -0.4 is 4.90 Å². The maximum absolute atomic E-state index is 13.3. The first-order valence-corrected chi connectivity index (χ1v) is 7.00. The second-order valence-corrected chi connectivity index (χ2v) is 5.23. The lowest BCUT2D eigenvalue weighted by Crippen LogP contribution is -2.34. The third-order valence-corrected chi connectivity index (χ3v) is 3.57. The molecule has 108 valence electrons. The largest absolute Gasteiger partial charge is 0.356 e. The molecule has 1 aromatic carbocycles. The van der Waals surface area contributed by atoms with Crippen molar-refractivity contribution in [3.05, 3.63) is 41.8 Å². The number of carbonyl (C=O) groups is 1. The minimum Gasteiger partial charge on any atom is -0.356 e. The Morgan fingerprint density at radius 3 is 2.62 bits per heavy atom. The van der Waals surface area contributed by atoms with E-state index in [1.54, 1.807) is 12.1 Å². The predicted molar refractivity (Wildman–Crippen MR) is 78.6 cm³/mol. The number of anilines is 1. The highest BCUT2D eigenvalue weighted by Crippen LogP contribution is 2.22. The lowest BCUT2D eigenvalue weighted by Gasteiger charge is -2.27. The molecule has 5 heteroatoms. The number of aromatic nitrogens is 2. The minimum absolute atomic E-state index is 0.294. The summed E-state index contributed by atoms with van der Waals surface area (Å²) in [5.74, 6) is 1.31. The van der Waals surface area contributed by atoms with Gasteiger partial charge in [-0.25, -0.2) is 14.4 Å². The molecule has 0 N–H and O–H groups in total. The fourth-order valence-electron chi connectivity index (χ4n) is 2.46. The van der Waals surface area contributed by atoms with Crippen molar-refractivity contribution in [2.24, 2.45) is 0 Å². The van der Waals surface area contributed by atoms with Gasteiger partial charge < -0.3 is 4.90 Å². The van der Waals surface area contributed by atoms with Crippen LogP contribution in [-0.4, -0.2) is 28.8 Å². The molecule has 1 aliphatic heterocycles. The minimum atomic E-state index is -0.303. The van der Waals surface area contributed by atoms with Crippen LogP contribution in [0.3, 0.4) is 0 Å². The molecule has 0 bridgehead atoms. The summed E-state index contributed by atoms with van der Waals surface area (Å²) in [6.07, 6.45) is 1.11. The molecular weight excluding hydrogens is 269 g/mol. The highest BCUT2D eigenvalue weighted by atomic mass is 19.1. The topological polar surface area (TPSA) is 46.1 Å². The zero-order valence-electron chi connectivity index (χ0n) is 11.8. The number of benzene rings is 1. The van der Waals surface area contributed by atoms with Crippen LogP contribution in [0, 0.1) is 12.7 Å². The van der Waals surface area contributed by atoms with Crippen molar-refractivity contribution < 1.29 is 9.18 Å². The first kappa shape index (κ1) is 13.7. The Morgan fingerprint density at radius 2 is 1.90 bits per heavy atom. The Bertz CT molecular complexity index is 677. The van der Waals surface area contributed by atoms with Crippen LogP contribution in [0.2, 0.25) is 0 Å². The molecule has 2 aromatic rings. The second-order valence-electron chi connectivity index (χ2n) is 5.23. The number of hydrogen-bond donors (Lipinski definition) is 0. The first-order valence-electron chi connectivity index (χ1n) is 7.00. The van der Waals surface area contributed by atoms with Gasteiger partial charge in [0.05, 0.1) is 0 Å². The van der Waals surface area contributed by atoms with Gasteiger partial charge in [0.1, 0.15) is 17.4 Å². The number of ketones is 1. The summed E-state index contributed by atoms with van der Waals surface area (Å²) in [5, 5.41) is 0. The van der Waals surface area contributed by atoms with E-state index in [0.717, 1.165) is 11.5 Å². The van der Waals surface area contributed by atoms with Crippen LogP contribution in [0.1, 0.15) is 18.5 Å². The highest BCUT2D eigenvalue weighted by Gasteiger charge is 2.18. The SMILES string of the molecule is Cc1cc(N2CCC(=O)CC2)nc(-c2cccc(F)c2)n1.